The fourth-order valence-electron chi connectivity index (χ4n) is 2.41. The van der Waals surface area contributed by atoms with Gasteiger partial charge in [-0.05, 0) is 40.0 Å². The van der Waals surface area contributed by atoms with Gasteiger partial charge in [-0.3, -0.25) is 14.4 Å². The second-order valence-electron chi connectivity index (χ2n) is 8.14. The van der Waals surface area contributed by atoms with E-state index in [-0.39, 0.29) is 25.5 Å². The van der Waals surface area contributed by atoms with Gasteiger partial charge in [0.2, 0.25) is 11.8 Å². The number of aliphatic carboxylic acids is 1. The predicted molar refractivity (Wildman–Crippen MR) is 119 cm³/mol. The highest BCUT2D eigenvalue weighted by Gasteiger charge is 2.24. The maximum absolute atomic E-state index is 12.3. The van der Waals surface area contributed by atoms with Gasteiger partial charge in [0, 0.05) is 20.2 Å². The molecule has 0 aliphatic rings. The van der Waals surface area contributed by atoms with Crippen LogP contribution >= 0.6 is 0 Å². The molecule has 0 aromatic carbocycles. The molecule has 0 bridgehead atoms. The standard InChI is InChI=1S/C21H39N3O9/c1-21(2,3)33-20(29)24-16(19(28)23-10-8-18(26)27)7-5-6-9-22-17(25)15-32-14-13-31-12-11-30-4/h16H,5-15H2,1-4H3,(H,22,25)(H,23,28)(H,24,29)(H,26,27). The van der Waals surface area contributed by atoms with Gasteiger partial charge in [-0.25, -0.2) is 4.79 Å². The van der Waals surface area contributed by atoms with Crippen molar-refractivity contribution < 1.29 is 43.2 Å². The van der Waals surface area contributed by atoms with Gasteiger partial charge >= 0.3 is 12.1 Å². The van der Waals surface area contributed by atoms with Gasteiger partial charge in [0.25, 0.3) is 0 Å². The molecule has 3 amide bonds. The number of hydrogen-bond donors (Lipinski definition) is 4. The molecule has 0 aromatic rings. The molecular weight excluding hydrogens is 438 g/mol. The lowest BCUT2D eigenvalue weighted by Crippen LogP contribution is -2.48. The van der Waals surface area contributed by atoms with Crippen LogP contribution < -0.4 is 16.0 Å². The van der Waals surface area contributed by atoms with E-state index in [0.29, 0.717) is 52.2 Å². The highest BCUT2D eigenvalue weighted by atomic mass is 16.6. The van der Waals surface area contributed by atoms with E-state index in [4.69, 9.17) is 24.1 Å². The Morgan fingerprint density at radius 1 is 0.909 bits per heavy atom. The third-order valence-corrected chi connectivity index (χ3v) is 3.92. The monoisotopic (exact) mass is 477 g/mol. The van der Waals surface area contributed by atoms with Gasteiger partial charge in [0.1, 0.15) is 18.2 Å². The van der Waals surface area contributed by atoms with Crippen LogP contribution in [0.25, 0.3) is 0 Å². The van der Waals surface area contributed by atoms with Gasteiger partial charge < -0.3 is 40.0 Å². The van der Waals surface area contributed by atoms with Crippen molar-refractivity contribution in [1.29, 1.82) is 0 Å². The summed E-state index contributed by atoms with van der Waals surface area (Å²) in [4.78, 5) is 46.8. The number of carbonyl (C=O) groups excluding carboxylic acids is 3. The van der Waals surface area contributed by atoms with Gasteiger partial charge in [-0.1, -0.05) is 0 Å². The van der Waals surface area contributed by atoms with Crippen LogP contribution in [0.5, 0.6) is 0 Å². The minimum Gasteiger partial charge on any atom is -0.481 e. The molecule has 1 atom stereocenters. The largest absolute Gasteiger partial charge is 0.481 e. The highest BCUT2D eigenvalue weighted by molar-refractivity contribution is 5.85. The number of hydrogen-bond acceptors (Lipinski definition) is 8. The summed E-state index contributed by atoms with van der Waals surface area (Å²) in [7, 11) is 1.58. The van der Waals surface area contributed by atoms with Crippen LogP contribution in [0.15, 0.2) is 0 Å². The second kappa shape index (κ2) is 18.0. The lowest BCUT2D eigenvalue weighted by Gasteiger charge is -2.23. The first kappa shape index (κ1) is 30.6. The number of methoxy groups -OCH3 is 1. The molecule has 0 heterocycles. The van der Waals surface area contributed by atoms with Crippen molar-refractivity contribution in [3.8, 4) is 0 Å². The third-order valence-electron chi connectivity index (χ3n) is 3.92. The number of carbonyl (C=O) groups is 4. The molecule has 0 fully saturated rings. The zero-order chi connectivity index (χ0) is 25.1. The number of amides is 3. The van der Waals surface area contributed by atoms with Crippen LogP contribution in [0, 0.1) is 0 Å². The van der Waals surface area contributed by atoms with E-state index in [0.717, 1.165) is 0 Å². The summed E-state index contributed by atoms with van der Waals surface area (Å²) in [5, 5.41) is 16.4. The number of alkyl carbamates (subject to hydrolysis) is 1. The number of rotatable bonds is 18. The van der Waals surface area contributed by atoms with Crippen LogP contribution in [-0.2, 0) is 33.3 Å². The Morgan fingerprint density at radius 2 is 1.58 bits per heavy atom. The van der Waals surface area contributed by atoms with E-state index >= 15 is 0 Å². The molecule has 0 saturated heterocycles. The Bertz CT molecular complexity index is 594. The fourth-order valence-corrected chi connectivity index (χ4v) is 2.41. The van der Waals surface area contributed by atoms with E-state index in [1.807, 2.05) is 0 Å². The van der Waals surface area contributed by atoms with Crippen molar-refractivity contribution in [2.45, 2.75) is 58.1 Å². The second-order valence-corrected chi connectivity index (χ2v) is 8.14. The third kappa shape index (κ3) is 19.9. The van der Waals surface area contributed by atoms with Crippen molar-refractivity contribution in [2.75, 3.05) is 53.2 Å². The molecule has 0 saturated carbocycles. The molecule has 0 spiro atoms. The van der Waals surface area contributed by atoms with Gasteiger partial charge in [-0.2, -0.15) is 0 Å². The Morgan fingerprint density at radius 3 is 2.21 bits per heavy atom. The number of nitrogens with one attached hydrogen (secondary N) is 3. The van der Waals surface area contributed by atoms with E-state index in [9.17, 15) is 19.2 Å². The molecular formula is C21H39N3O9. The molecule has 0 radical (unpaired) electrons. The Kier molecular flexibility index (Phi) is 16.7. The normalized spacial score (nSPS) is 12.0. The summed E-state index contributed by atoms with van der Waals surface area (Å²) in [6.45, 7) is 7.00. The van der Waals surface area contributed by atoms with E-state index in [1.54, 1.807) is 27.9 Å². The van der Waals surface area contributed by atoms with Crippen LogP contribution in [0.3, 0.4) is 0 Å². The molecule has 0 aromatic heterocycles. The van der Waals surface area contributed by atoms with Crippen molar-refractivity contribution in [2.24, 2.45) is 0 Å². The van der Waals surface area contributed by atoms with E-state index in [1.165, 1.54) is 0 Å². The van der Waals surface area contributed by atoms with Crippen LogP contribution in [0.4, 0.5) is 4.79 Å². The Hall–Kier alpha value is -2.44. The SMILES string of the molecule is COCCOCCOCC(=O)NCCCCC(NC(=O)OC(C)(C)C)C(=O)NCCC(=O)O. The maximum Gasteiger partial charge on any atom is 0.408 e. The highest BCUT2D eigenvalue weighted by Crippen LogP contribution is 2.08. The average Bonchev–Trinajstić information content (AvgIpc) is 2.70. The first-order valence-electron chi connectivity index (χ1n) is 10.9. The van der Waals surface area contributed by atoms with Crippen LogP contribution in [-0.4, -0.2) is 93.9 Å². The number of ether oxygens (including phenoxy) is 4. The smallest absolute Gasteiger partial charge is 0.408 e. The molecule has 4 N–H and O–H groups in total. The summed E-state index contributed by atoms with van der Waals surface area (Å²) < 4.78 is 20.5. The first-order chi connectivity index (χ1) is 15.5. The van der Waals surface area contributed by atoms with Gasteiger partial charge in [0.15, 0.2) is 0 Å². The maximum atomic E-state index is 12.3. The lowest BCUT2D eigenvalue weighted by atomic mass is 10.1. The minimum absolute atomic E-state index is 0.0475. The predicted octanol–water partition coefficient (Wildman–Crippen LogP) is 0.437. The zero-order valence-electron chi connectivity index (χ0n) is 20.1. The molecule has 0 aliphatic heterocycles. The summed E-state index contributed by atoms with van der Waals surface area (Å²) in [6.07, 6.45) is 0.432. The van der Waals surface area contributed by atoms with Crippen molar-refractivity contribution in [1.82, 2.24) is 16.0 Å². The molecule has 33 heavy (non-hydrogen) atoms. The number of unbranched alkanes of at least 4 members (excludes halogenated alkanes) is 1. The number of carboxylic acid groups (broad SMARTS) is 1. The summed E-state index contributed by atoms with van der Waals surface area (Å²) in [5.41, 5.74) is -0.725. The van der Waals surface area contributed by atoms with Gasteiger partial charge in [0.05, 0.1) is 32.8 Å². The Labute approximate surface area is 195 Å². The summed E-state index contributed by atoms with van der Waals surface area (Å²) in [5.74, 6) is -1.79. The summed E-state index contributed by atoms with van der Waals surface area (Å²) in [6, 6.07) is -0.884. The molecule has 0 rings (SSSR count). The van der Waals surface area contributed by atoms with Crippen molar-refractivity contribution in [3.63, 3.8) is 0 Å². The van der Waals surface area contributed by atoms with Crippen LogP contribution in [0.2, 0.25) is 0 Å². The fraction of sp³-hybridized carbons (Fsp3) is 0.810. The molecule has 12 nitrogen and oxygen atoms in total. The molecule has 1 unspecified atom stereocenters. The first-order valence-corrected chi connectivity index (χ1v) is 10.9. The molecule has 12 heteroatoms. The average molecular weight is 478 g/mol. The van der Waals surface area contributed by atoms with Gasteiger partial charge in [-0.15, -0.1) is 0 Å². The van der Waals surface area contributed by atoms with Crippen molar-refractivity contribution in [3.05, 3.63) is 0 Å². The van der Waals surface area contributed by atoms with Crippen LogP contribution in [0.1, 0.15) is 46.5 Å². The topological polar surface area (TPSA) is 162 Å². The minimum atomic E-state index is -1.04. The van der Waals surface area contributed by atoms with E-state index < -0.39 is 29.6 Å². The van der Waals surface area contributed by atoms with Crippen molar-refractivity contribution >= 4 is 23.9 Å². The zero-order valence-corrected chi connectivity index (χ0v) is 20.1. The molecule has 0 aliphatic carbocycles. The molecule has 192 valence electrons. The quantitative estimate of drug-likeness (QED) is 0.205. The Balaban J connectivity index is 4.24. The number of carboxylic acids is 1. The van der Waals surface area contributed by atoms with E-state index in [2.05, 4.69) is 16.0 Å². The summed E-state index contributed by atoms with van der Waals surface area (Å²) >= 11 is 0. The lowest BCUT2D eigenvalue weighted by molar-refractivity contribution is -0.137.